The van der Waals surface area contributed by atoms with E-state index in [1.165, 1.54) is 11.3 Å². The lowest BCUT2D eigenvalue weighted by Gasteiger charge is -2.06. The maximum atomic E-state index is 12.4. The number of anilines is 1. The van der Waals surface area contributed by atoms with Crippen molar-refractivity contribution in [1.29, 1.82) is 0 Å². The standard InChI is InChI=1S/C19H14BrNO3S/c20-14-9-5-4-8-13(14)16(22)11-21-15-10-17(25-18(15)19(23)24)12-6-2-1-3-7-12/h1-10,21H,11H2,(H,23,24). The topological polar surface area (TPSA) is 66.4 Å². The highest BCUT2D eigenvalue weighted by molar-refractivity contribution is 9.10. The van der Waals surface area contributed by atoms with Gasteiger partial charge in [-0.2, -0.15) is 0 Å². The van der Waals surface area contributed by atoms with Crippen LogP contribution in [0.1, 0.15) is 20.0 Å². The van der Waals surface area contributed by atoms with Crippen LogP contribution in [0.5, 0.6) is 0 Å². The van der Waals surface area contributed by atoms with Gasteiger partial charge in [-0.3, -0.25) is 4.79 Å². The molecule has 2 aromatic carbocycles. The number of nitrogens with one attached hydrogen (secondary N) is 1. The van der Waals surface area contributed by atoms with E-state index in [9.17, 15) is 14.7 Å². The molecule has 0 amide bonds. The van der Waals surface area contributed by atoms with Gasteiger partial charge < -0.3 is 10.4 Å². The van der Waals surface area contributed by atoms with E-state index in [0.717, 1.165) is 14.9 Å². The molecule has 0 atom stereocenters. The van der Waals surface area contributed by atoms with E-state index in [2.05, 4.69) is 21.2 Å². The van der Waals surface area contributed by atoms with Crippen LogP contribution in [0.2, 0.25) is 0 Å². The molecule has 0 aliphatic rings. The fourth-order valence-corrected chi connectivity index (χ4v) is 3.87. The van der Waals surface area contributed by atoms with Crippen molar-refractivity contribution in [3.8, 4) is 10.4 Å². The van der Waals surface area contributed by atoms with E-state index >= 15 is 0 Å². The maximum Gasteiger partial charge on any atom is 0.348 e. The Bertz CT molecular complexity index is 921. The molecular formula is C19H14BrNO3S. The van der Waals surface area contributed by atoms with Crippen molar-refractivity contribution < 1.29 is 14.7 Å². The smallest absolute Gasteiger partial charge is 0.348 e. The summed E-state index contributed by atoms with van der Waals surface area (Å²) in [5.41, 5.74) is 1.96. The molecule has 0 bridgehead atoms. The van der Waals surface area contributed by atoms with E-state index in [4.69, 9.17) is 0 Å². The third-order valence-electron chi connectivity index (χ3n) is 3.60. The van der Waals surface area contributed by atoms with Gasteiger partial charge in [0.1, 0.15) is 4.88 Å². The first-order valence-corrected chi connectivity index (χ1v) is 9.11. The number of aromatic carboxylic acids is 1. The first kappa shape index (κ1) is 17.4. The Labute approximate surface area is 157 Å². The quantitative estimate of drug-likeness (QED) is 0.544. The molecule has 0 unspecified atom stereocenters. The van der Waals surface area contributed by atoms with Crippen molar-refractivity contribution in [2.45, 2.75) is 0 Å². The van der Waals surface area contributed by atoms with E-state index in [0.29, 0.717) is 11.3 Å². The number of rotatable bonds is 6. The predicted octanol–water partition coefficient (Wildman–Crippen LogP) is 5.17. The lowest BCUT2D eigenvalue weighted by atomic mass is 10.1. The molecule has 0 aliphatic heterocycles. The number of Topliss-reactive ketones (excluding diaryl/α,β-unsaturated/α-hetero) is 1. The second kappa shape index (κ2) is 7.63. The molecule has 3 aromatic rings. The van der Waals surface area contributed by atoms with Gasteiger partial charge in [0.05, 0.1) is 12.2 Å². The van der Waals surface area contributed by atoms with Crippen LogP contribution in [0.3, 0.4) is 0 Å². The Hall–Kier alpha value is -2.44. The van der Waals surface area contributed by atoms with Gasteiger partial charge in [0.25, 0.3) is 0 Å². The number of carbonyl (C=O) groups is 2. The summed E-state index contributed by atoms with van der Waals surface area (Å²) in [6.45, 7) is 0.0217. The molecule has 0 aliphatic carbocycles. The molecule has 0 fully saturated rings. The fourth-order valence-electron chi connectivity index (χ4n) is 2.38. The molecule has 25 heavy (non-hydrogen) atoms. The first-order chi connectivity index (χ1) is 12.1. The van der Waals surface area contributed by atoms with Crippen LogP contribution in [-0.4, -0.2) is 23.4 Å². The van der Waals surface area contributed by atoms with Crippen molar-refractivity contribution in [2.24, 2.45) is 0 Å². The van der Waals surface area contributed by atoms with Crippen LogP contribution in [0, 0.1) is 0 Å². The van der Waals surface area contributed by atoms with Gasteiger partial charge in [-0.1, -0.05) is 64.5 Å². The summed E-state index contributed by atoms with van der Waals surface area (Å²) in [6, 6.07) is 18.5. The van der Waals surface area contributed by atoms with Gasteiger partial charge in [-0.15, -0.1) is 11.3 Å². The number of benzene rings is 2. The normalized spacial score (nSPS) is 10.4. The Morgan fingerprint density at radius 3 is 2.40 bits per heavy atom. The van der Waals surface area contributed by atoms with Gasteiger partial charge in [0.2, 0.25) is 0 Å². The SMILES string of the molecule is O=C(CNc1cc(-c2ccccc2)sc1C(=O)O)c1ccccc1Br. The summed E-state index contributed by atoms with van der Waals surface area (Å²) in [5.74, 6) is -1.13. The molecule has 2 N–H and O–H groups in total. The summed E-state index contributed by atoms with van der Waals surface area (Å²) in [7, 11) is 0. The van der Waals surface area contributed by atoms with Gasteiger partial charge in [-0.25, -0.2) is 4.79 Å². The average molecular weight is 416 g/mol. The second-order valence-electron chi connectivity index (χ2n) is 5.28. The van der Waals surface area contributed by atoms with Crippen molar-refractivity contribution >= 4 is 44.7 Å². The maximum absolute atomic E-state index is 12.4. The van der Waals surface area contributed by atoms with Crippen LogP contribution >= 0.6 is 27.3 Å². The minimum atomic E-state index is -1.01. The van der Waals surface area contributed by atoms with Crippen LogP contribution in [0.15, 0.2) is 65.1 Å². The zero-order chi connectivity index (χ0) is 17.8. The number of halogens is 1. The molecule has 0 radical (unpaired) electrons. The minimum Gasteiger partial charge on any atom is -0.477 e. The van der Waals surface area contributed by atoms with Crippen molar-refractivity contribution in [2.75, 3.05) is 11.9 Å². The Morgan fingerprint density at radius 2 is 1.72 bits per heavy atom. The highest BCUT2D eigenvalue weighted by Gasteiger charge is 2.17. The summed E-state index contributed by atoms with van der Waals surface area (Å²) >= 11 is 4.54. The Balaban J connectivity index is 1.82. The van der Waals surface area contributed by atoms with Gasteiger partial charge in [0.15, 0.2) is 5.78 Å². The largest absolute Gasteiger partial charge is 0.477 e. The summed E-state index contributed by atoms with van der Waals surface area (Å²) in [5, 5.41) is 12.4. The van der Waals surface area contributed by atoms with Crippen LogP contribution in [-0.2, 0) is 0 Å². The Kier molecular flexibility index (Phi) is 5.31. The van der Waals surface area contributed by atoms with E-state index in [1.54, 1.807) is 24.3 Å². The monoisotopic (exact) mass is 415 g/mol. The molecular weight excluding hydrogens is 402 g/mol. The highest BCUT2D eigenvalue weighted by atomic mass is 79.9. The van der Waals surface area contributed by atoms with Crippen molar-refractivity contribution in [3.05, 3.63) is 75.6 Å². The van der Waals surface area contributed by atoms with E-state index in [-0.39, 0.29) is 17.2 Å². The molecule has 0 saturated heterocycles. The number of hydrogen-bond donors (Lipinski definition) is 2. The number of ketones is 1. The molecule has 6 heteroatoms. The molecule has 126 valence electrons. The number of carboxylic acid groups (broad SMARTS) is 1. The molecule has 1 aromatic heterocycles. The minimum absolute atomic E-state index is 0.0217. The summed E-state index contributed by atoms with van der Waals surface area (Å²) in [6.07, 6.45) is 0. The first-order valence-electron chi connectivity index (χ1n) is 7.50. The van der Waals surface area contributed by atoms with Gasteiger partial charge in [-0.05, 0) is 17.7 Å². The number of carbonyl (C=O) groups excluding carboxylic acids is 1. The van der Waals surface area contributed by atoms with E-state index < -0.39 is 5.97 Å². The number of thiophene rings is 1. The lowest BCUT2D eigenvalue weighted by Crippen LogP contribution is -2.15. The third-order valence-corrected chi connectivity index (χ3v) is 5.46. The summed E-state index contributed by atoms with van der Waals surface area (Å²) < 4.78 is 0.718. The number of carboxylic acids is 1. The molecule has 3 rings (SSSR count). The fraction of sp³-hybridized carbons (Fsp3) is 0.0526. The number of hydrogen-bond acceptors (Lipinski definition) is 4. The Morgan fingerprint density at radius 1 is 1.04 bits per heavy atom. The van der Waals surface area contributed by atoms with Crippen LogP contribution < -0.4 is 5.32 Å². The highest BCUT2D eigenvalue weighted by Crippen LogP contribution is 2.34. The average Bonchev–Trinajstić information content (AvgIpc) is 3.05. The third kappa shape index (κ3) is 3.97. The zero-order valence-corrected chi connectivity index (χ0v) is 15.4. The second-order valence-corrected chi connectivity index (χ2v) is 7.19. The van der Waals surface area contributed by atoms with Crippen LogP contribution in [0.4, 0.5) is 5.69 Å². The zero-order valence-electron chi connectivity index (χ0n) is 13.0. The summed E-state index contributed by atoms with van der Waals surface area (Å²) in [4.78, 5) is 24.9. The predicted molar refractivity (Wildman–Crippen MR) is 104 cm³/mol. The molecule has 0 spiro atoms. The van der Waals surface area contributed by atoms with Crippen molar-refractivity contribution in [3.63, 3.8) is 0 Å². The lowest BCUT2D eigenvalue weighted by molar-refractivity contribution is 0.0702. The van der Waals surface area contributed by atoms with Crippen molar-refractivity contribution in [1.82, 2.24) is 0 Å². The van der Waals surface area contributed by atoms with Gasteiger partial charge in [0, 0.05) is 14.9 Å². The molecule has 4 nitrogen and oxygen atoms in total. The van der Waals surface area contributed by atoms with Crippen LogP contribution in [0.25, 0.3) is 10.4 Å². The van der Waals surface area contributed by atoms with Gasteiger partial charge >= 0.3 is 5.97 Å². The molecule has 1 heterocycles. The van der Waals surface area contributed by atoms with E-state index in [1.807, 2.05) is 36.4 Å². The molecule has 0 saturated carbocycles.